The van der Waals surface area contributed by atoms with Gasteiger partial charge in [0.15, 0.2) is 0 Å². The lowest BCUT2D eigenvalue weighted by Crippen LogP contribution is -2.54. The molecule has 4 aliphatic carbocycles. The van der Waals surface area contributed by atoms with Crippen LogP contribution in [0.25, 0.3) is 0 Å². The van der Waals surface area contributed by atoms with Crippen LogP contribution in [0.15, 0.2) is 12.2 Å². The average Bonchev–Trinajstić information content (AvgIpc) is 2.26. The minimum absolute atomic E-state index is 0.0415. The molecule has 4 bridgehead atoms. The van der Waals surface area contributed by atoms with Crippen molar-refractivity contribution in [2.45, 2.75) is 38.7 Å². The van der Waals surface area contributed by atoms with Crippen LogP contribution < -0.4 is 0 Å². The van der Waals surface area contributed by atoms with Crippen LogP contribution in [0, 0.1) is 23.7 Å². The Morgan fingerprint density at radius 2 is 1.65 bits per heavy atom. The molecular weight excluding hydrogens is 216 g/mol. The van der Waals surface area contributed by atoms with Crippen LogP contribution >= 0.6 is 0 Å². The minimum atomic E-state index is -0.270. The summed E-state index contributed by atoms with van der Waals surface area (Å²) < 4.78 is 5.57. The van der Waals surface area contributed by atoms with Gasteiger partial charge in [-0.05, 0) is 44.4 Å². The molecule has 0 heterocycles. The molecule has 4 fully saturated rings. The molecule has 0 saturated heterocycles. The van der Waals surface area contributed by atoms with Gasteiger partial charge in [0, 0.05) is 17.4 Å². The lowest BCUT2D eigenvalue weighted by atomic mass is 9.54. The van der Waals surface area contributed by atoms with Crippen LogP contribution in [0.5, 0.6) is 0 Å². The van der Waals surface area contributed by atoms with Crippen molar-refractivity contribution in [3.63, 3.8) is 0 Å². The summed E-state index contributed by atoms with van der Waals surface area (Å²) in [7, 11) is 0. The predicted octanol–water partition coefficient (Wildman–Crippen LogP) is 2.11. The zero-order chi connectivity index (χ0) is 12.2. The molecule has 0 unspecified atom stereocenters. The number of hydrogen-bond acceptors (Lipinski definition) is 3. The number of hydrogen-bond donors (Lipinski definition) is 0. The Kier molecular flexibility index (Phi) is 2.39. The fraction of sp³-hybridized carbons (Fsp3) is 0.714. The van der Waals surface area contributed by atoms with Crippen LogP contribution in [-0.2, 0) is 14.3 Å². The molecule has 0 aromatic heterocycles. The van der Waals surface area contributed by atoms with Crippen molar-refractivity contribution in [1.29, 1.82) is 0 Å². The molecule has 92 valence electrons. The molecule has 17 heavy (non-hydrogen) atoms. The maximum Gasteiger partial charge on any atom is 0.333 e. The summed E-state index contributed by atoms with van der Waals surface area (Å²) in [4.78, 5) is 23.5. The number of ketones is 1. The van der Waals surface area contributed by atoms with E-state index in [0.29, 0.717) is 23.2 Å². The van der Waals surface area contributed by atoms with E-state index < -0.39 is 0 Å². The van der Waals surface area contributed by atoms with Gasteiger partial charge in [0.1, 0.15) is 11.9 Å². The van der Waals surface area contributed by atoms with Gasteiger partial charge in [0.25, 0.3) is 0 Å². The first-order chi connectivity index (χ1) is 8.06. The van der Waals surface area contributed by atoms with E-state index in [9.17, 15) is 9.59 Å². The molecule has 4 saturated carbocycles. The van der Waals surface area contributed by atoms with Crippen molar-refractivity contribution in [2.24, 2.45) is 23.7 Å². The SMILES string of the molecule is C=C(C)C(=O)OC1C2CC3CC1CC(C2)C3=O. The van der Waals surface area contributed by atoms with Crippen LogP contribution in [0.2, 0.25) is 0 Å². The first-order valence-corrected chi connectivity index (χ1v) is 6.46. The Morgan fingerprint density at radius 3 is 2.06 bits per heavy atom. The Morgan fingerprint density at radius 1 is 1.18 bits per heavy atom. The molecule has 0 aromatic rings. The molecule has 4 rings (SSSR count). The molecule has 4 aliphatic rings. The summed E-state index contributed by atoms with van der Waals surface area (Å²) in [6.07, 6.45) is 3.76. The van der Waals surface area contributed by atoms with E-state index in [1.807, 2.05) is 0 Å². The Hall–Kier alpha value is -1.12. The number of ether oxygens (including phenoxy) is 1. The molecule has 0 N–H and O–H groups in total. The molecule has 0 radical (unpaired) electrons. The van der Waals surface area contributed by atoms with Gasteiger partial charge in [-0.3, -0.25) is 4.79 Å². The maximum atomic E-state index is 11.9. The molecule has 3 nitrogen and oxygen atoms in total. The highest BCUT2D eigenvalue weighted by molar-refractivity contribution is 5.88. The Balaban J connectivity index is 1.75. The van der Waals surface area contributed by atoms with E-state index in [0.717, 1.165) is 25.7 Å². The van der Waals surface area contributed by atoms with Crippen LogP contribution in [0.1, 0.15) is 32.6 Å². The third-order valence-electron chi connectivity index (χ3n) is 4.67. The molecule has 0 atom stereocenters. The van der Waals surface area contributed by atoms with Gasteiger partial charge >= 0.3 is 5.97 Å². The van der Waals surface area contributed by atoms with Gasteiger partial charge in [0.05, 0.1) is 0 Å². The van der Waals surface area contributed by atoms with Crippen molar-refractivity contribution in [2.75, 3.05) is 0 Å². The largest absolute Gasteiger partial charge is 0.458 e. The van der Waals surface area contributed by atoms with Gasteiger partial charge in [-0.1, -0.05) is 6.58 Å². The van der Waals surface area contributed by atoms with Crippen molar-refractivity contribution in [1.82, 2.24) is 0 Å². The van der Waals surface area contributed by atoms with Gasteiger partial charge in [-0.2, -0.15) is 0 Å². The highest BCUT2D eigenvalue weighted by Gasteiger charge is 2.53. The van der Waals surface area contributed by atoms with Gasteiger partial charge in [-0.25, -0.2) is 4.79 Å². The van der Waals surface area contributed by atoms with E-state index in [-0.39, 0.29) is 23.9 Å². The second kappa shape index (κ2) is 3.69. The third kappa shape index (κ3) is 1.63. The Labute approximate surface area is 101 Å². The summed E-state index contributed by atoms with van der Waals surface area (Å²) >= 11 is 0. The average molecular weight is 234 g/mol. The highest BCUT2D eigenvalue weighted by Crippen LogP contribution is 2.53. The first kappa shape index (κ1) is 11.0. The lowest BCUT2D eigenvalue weighted by molar-refractivity contribution is -0.170. The number of carbonyl (C=O) groups excluding carboxylic acids is 2. The highest BCUT2D eigenvalue weighted by atomic mass is 16.5. The van der Waals surface area contributed by atoms with Crippen molar-refractivity contribution in [3.8, 4) is 0 Å². The standard InChI is InChI=1S/C14H18O3/c1-7(2)14(16)17-13-10-3-8-4-11(13)6-9(5-10)12(8)15/h8-11,13H,1,3-6H2,2H3. The second-order valence-corrected chi connectivity index (χ2v) is 5.91. The van der Waals surface area contributed by atoms with Gasteiger partial charge in [-0.15, -0.1) is 0 Å². The number of Topliss-reactive ketones (excluding diaryl/α,β-unsaturated/α-hetero) is 1. The molecule has 3 heteroatoms. The number of rotatable bonds is 2. The summed E-state index contributed by atoms with van der Waals surface area (Å²) in [6, 6.07) is 0. The zero-order valence-electron chi connectivity index (χ0n) is 10.1. The van der Waals surface area contributed by atoms with Crippen LogP contribution in [0.3, 0.4) is 0 Å². The quantitative estimate of drug-likeness (QED) is 0.543. The first-order valence-electron chi connectivity index (χ1n) is 6.46. The molecule has 0 amide bonds. The Bertz CT molecular complexity index is 364. The molecule has 0 aromatic carbocycles. The van der Waals surface area contributed by atoms with Crippen molar-refractivity contribution >= 4 is 11.8 Å². The lowest BCUT2D eigenvalue weighted by Gasteiger charge is -2.52. The second-order valence-electron chi connectivity index (χ2n) is 5.91. The molecular formula is C14H18O3. The molecule has 0 aliphatic heterocycles. The zero-order valence-corrected chi connectivity index (χ0v) is 10.1. The van der Waals surface area contributed by atoms with Gasteiger partial charge in [0.2, 0.25) is 0 Å². The van der Waals surface area contributed by atoms with E-state index in [4.69, 9.17) is 4.74 Å². The van der Waals surface area contributed by atoms with E-state index >= 15 is 0 Å². The summed E-state index contributed by atoms with van der Waals surface area (Å²) in [5.41, 5.74) is 0.467. The fourth-order valence-corrected chi connectivity index (χ4v) is 3.98. The topological polar surface area (TPSA) is 43.4 Å². The fourth-order valence-electron chi connectivity index (χ4n) is 3.98. The third-order valence-corrected chi connectivity index (χ3v) is 4.67. The summed E-state index contributed by atoms with van der Waals surface area (Å²) in [5, 5.41) is 0. The van der Waals surface area contributed by atoms with Crippen LogP contribution in [-0.4, -0.2) is 17.9 Å². The van der Waals surface area contributed by atoms with Crippen molar-refractivity contribution in [3.05, 3.63) is 12.2 Å². The molecule has 0 spiro atoms. The normalized spacial score (nSPS) is 42.6. The number of esters is 1. The summed E-state index contributed by atoms with van der Waals surface area (Å²) in [6.45, 7) is 5.30. The van der Waals surface area contributed by atoms with Crippen LogP contribution in [0.4, 0.5) is 0 Å². The van der Waals surface area contributed by atoms with Gasteiger partial charge < -0.3 is 4.74 Å². The van der Waals surface area contributed by atoms with E-state index in [1.165, 1.54) is 0 Å². The summed E-state index contributed by atoms with van der Waals surface area (Å²) in [5.74, 6) is 1.56. The van der Waals surface area contributed by atoms with Crippen molar-refractivity contribution < 1.29 is 14.3 Å². The minimum Gasteiger partial charge on any atom is -0.458 e. The van der Waals surface area contributed by atoms with E-state index in [2.05, 4.69) is 6.58 Å². The smallest absolute Gasteiger partial charge is 0.333 e. The van der Waals surface area contributed by atoms with E-state index in [1.54, 1.807) is 6.92 Å². The number of carbonyl (C=O) groups is 2. The predicted molar refractivity (Wildman–Crippen MR) is 62.1 cm³/mol. The maximum absolute atomic E-state index is 11.9. The monoisotopic (exact) mass is 234 g/mol.